The number of hydrazone groups is 1. The third-order valence-electron chi connectivity index (χ3n) is 1.55. The summed E-state index contributed by atoms with van der Waals surface area (Å²) in [7, 11) is 0. The van der Waals surface area contributed by atoms with Crippen molar-refractivity contribution in [1.29, 1.82) is 0 Å². The average molecular weight is 286 g/mol. The van der Waals surface area contributed by atoms with E-state index in [1.165, 1.54) is 6.21 Å². The molecule has 0 spiro atoms. The van der Waals surface area contributed by atoms with Gasteiger partial charge in [0.2, 0.25) is 0 Å². The highest BCUT2D eigenvalue weighted by atomic mass is 79.9. The SMILES string of the molecule is O=C(C[N+](=O)[O-])NN=Cc1ccc(Br)cc1. The lowest BCUT2D eigenvalue weighted by atomic mass is 10.2. The number of nitro groups is 1. The molecule has 1 aromatic carbocycles. The summed E-state index contributed by atoms with van der Waals surface area (Å²) < 4.78 is 0.932. The van der Waals surface area contributed by atoms with E-state index in [2.05, 4.69) is 26.5 Å². The molecule has 6 nitrogen and oxygen atoms in total. The van der Waals surface area contributed by atoms with Crippen molar-refractivity contribution in [2.24, 2.45) is 5.10 Å². The number of amides is 1. The van der Waals surface area contributed by atoms with Gasteiger partial charge in [-0.05, 0) is 17.7 Å². The Bertz CT molecular complexity index is 417. The zero-order valence-corrected chi connectivity index (χ0v) is 9.68. The lowest BCUT2D eigenvalue weighted by Gasteiger charge is -1.95. The maximum absolute atomic E-state index is 10.8. The molecule has 1 N–H and O–H groups in total. The molecule has 1 amide bonds. The van der Waals surface area contributed by atoms with E-state index in [1.807, 2.05) is 12.1 Å². The van der Waals surface area contributed by atoms with Crippen LogP contribution < -0.4 is 5.43 Å². The Morgan fingerprint density at radius 1 is 1.50 bits per heavy atom. The van der Waals surface area contributed by atoms with Crippen LogP contribution in [0.5, 0.6) is 0 Å². The standard InChI is InChI=1S/C9H8BrN3O3/c10-8-3-1-7(2-4-8)5-11-12-9(14)6-13(15)16/h1-5H,6H2,(H,12,14). The molecule has 0 unspecified atom stereocenters. The van der Waals surface area contributed by atoms with Crippen LogP contribution in [-0.2, 0) is 4.79 Å². The van der Waals surface area contributed by atoms with E-state index in [0.717, 1.165) is 10.0 Å². The molecule has 0 fully saturated rings. The van der Waals surface area contributed by atoms with Crippen molar-refractivity contribution in [2.75, 3.05) is 6.54 Å². The van der Waals surface area contributed by atoms with Crippen molar-refractivity contribution in [3.05, 3.63) is 44.4 Å². The summed E-state index contributed by atoms with van der Waals surface area (Å²) in [4.78, 5) is 20.1. The third-order valence-corrected chi connectivity index (χ3v) is 2.07. The molecular formula is C9H8BrN3O3. The van der Waals surface area contributed by atoms with Gasteiger partial charge in [-0.3, -0.25) is 14.9 Å². The highest BCUT2D eigenvalue weighted by molar-refractivity contribution is 9.10. The number of carbonyl (C=O) groups excluding carboxylic acids is 1. The number of nitrogens with zero attached hydrogens (tertiary/aromatic N) is 2. The molecule has 0 heterocycles. The normalized spacial score (nSPS) is 10.3. The predicted octanol–water partition coefficient (Wildman–Crippen LogP) is 1.18. The number of hydrogen-bond donors (Lipinski definition) is 1. The van der Waals surface area contributed by atoms with Gasteiger partial charge in [0.25, 0.3) is 6.54 Å². The molecule has 0 radical (unpaired) electrons. The van der Waals surface area contributed by atoms with Gasteiger partial charge in [-0.2, -0.15) is 5.10 Å². The first-order chi connectivity index (χ1) is 7.58. The van der Waals surface area contributed by atoms with Crippen LogP contribution in [0, 0.1) is 10.1 Å². The number of rotatable bonds is 4. The van der Waals surface area contributed by atoms with Gasteiger partial charge < -0.3 is 0 Å². The van der Waals surface area contributed by atoms with Gasteiger partial charge in [-0.1, -0.05) is 28.1 Å². The van der Waals surface area contributed by atoms with Gasteiger partial charge in [-0.25, -0.2) is 5.43 Å². The molecule has 1 aromatic rings. The molecule has 1 rings (SSSR count). The zero-order valence-electron chi connectivity index (χ0n) is 8.09. The number of nitrogens with one attached hydrogen (secondary N) is 1. The van der Waals surface area contributed by atoms with Gasteiger partial charge in [0.05, 0.1) is 6.21 Å². The fourth-order valence-electron chi connectivity index (χ4n) is 0.880. The molecule has 0 aromatic heterocycles. The first-order valence-corrected chi connectivity index (χ1v) is 5.06. The molecule has 84 valence electrons. The molecule has 0 atom stereocenters. The summed E-state index contributed by atoms with van der Waals surface area (Å²) in [6, 6.07) is 7.21. The Labute approximate surface area is 99.6 Å². The predicted molar refractivity (Wildman–Crippen MR) is 61.7 cm³/mol. The van der Waals surface area contributed by atoms with Crippen molar-refractivity contribution >= 4 is 28.1 Å². The molecule has 0 aliphatic heterocycles. The minimum atomic E-state index is -0.780. The zero-order chi connectivity index (χ0) is 12.0. The van der Waals surface area contributed by atoms with Crippen LogP contribution in [-0.4, -0.2) is 23.6 Å². The second-order valence-corrected chi connectivity index (χ2v) is 3.75. The Morgan fingerprint density at radius 3 is 2.69 bits per heavy atom. The Morgan fingerprint density at radius 2 is 2.12 bits per heavy atom. The van der Waals surface area contributed by atoms with Crippen LogP contribution in [0.25, 0.3) is 0 Å². The quantitative estimate of drug-likeness (QED) is 0.512. The van der Waals surface area contributed by atoms with Crippen molar-refractivity contribution in [3.63, 3.8) is 0 Å². The second-order valence-electron chi connectivity index (χ2n) is 2.84. The highest BCUT2D eigenvalue weighted by Gasteiger charge is 2.06. The van der Waals surface area contributed by atoms with Crippen molar-refractivity contribution in [2.45, 2.75) is 0 Å². The van der Waals surface area contributed by atoms with E-state index in [1.54, 1.807) is 12.1 Å². The maximum atomic E-state index is 10.8. The summed E-state index contributed by atoms with van der Waals surface area (Å²) in [5.74, 6) is -0.752. The van der Waals surface area contributed by atoms with E-state index < -0.39 is 17.4 Å². The molecule has 0 aliphatic rings. The monoisotopic (exact) mass is 285 g/mol. The summed E-state index contributed by atoms with van der Waals surface area (Å²) in [5.41, 5.74) is 2.84. The van der Waals surface area contributed by atoms with Gasteiger partial charge in [0.1, 0.15) is 0 Å². The maximum Gasteiger partial charge on any atom is 0.311 e. The minimum Gasteiger partial charge on any atom is -0.265 e. The number of halogens is 1. The molecule has 16 heavy (non-hydrogen) atoms. The van der Waals surface area contributed by atoms with Crippen LogP contribution in [0.3, 0.4) is 0 Å². The number of hydrogen-bond acceptors (Lipinski definition) is 4. The van der Waals surface area contributed by atoms with Gasteiger partial charge in [0.15, 0.2) is 0 Å². The van der Waals surface area contributed by atoms with E-state index in [9.17, 15) is 14.9 Å². The smallest absolute Gasteiger partial charge is 0.265 e. The first-order valence-electron chi connectivity index (χ1n) is 4.27. The van der Waals surface area contributed by atoms with Crippen LogP contribution in [0.2, 0.25) is 0 Å². The van der Waals surface area contributed by atoms with Crippen molar-refractivity contribution in [1.82, 2.24) is 5.43 Å². The van der Waals surface area contributed by atoms with Gasteiger partial charge in [0, 0.05) is 9.40 Å². The topological polar surface area (TPSA) is 84.6 Å². The van der Waals surface area contributed by atoms with Crippen molar-refractivity contribution in [3.8, 4) is 0 Å². The van der Waals surface area contributed by atoms with E-state index in [4.69, 9.17) is 0 Å². The molecule has 7 heteroatoms. The largest absolute Gasteiger partial charge is 0.311 e. The van der Waals surface area contributed by atoms with Crippen LogP contribution in [0.15, 0.2) is 33.8 Å². The summed E-state index contributed by atoms with van der Waals surface area (Å²) in [5, 5.41) is 13.5. The minimum absolute atomic E-state index is 0.718. The molecule has 0 bridgehead atoms. The van der Waals surface area contributed by atoms with Gasteiger partial charge in [-0.15, -0.1) is 0 Å². The molecule has 0 saturated heterocycles. The summed E-state index contributed by atoms with van der Waals surface area (Å²) >= 11 is 3.27. The molecule has 0 saturated carbocycles. The van der Waals surface area contributed by atoms with Crippen LogP contribution in [0.1, 0.15) is 5.56 Å². The number of carbonyl (C=O) groups is 1. The lowest BCUT2D eigenvalue weighted by molar-refractivity contribution is -0.467. The first kappa shape index (κ1) is 12.3. The molecule has 0 aliphatic carbocycles. The fraction of sp³-hybridized carbons (Fsp3) is 0.111. The Balaban J connectivity index is 2.45. The Hall–Kier alpha value is -1.76. The van der Waals surface area contributed by atoms with Gasteiger partial charge >= 0.3 is 5.91 Å². The lowest BCUT2D eigenvalue weighted by Crippen LogP contribution is -2.25. The van der Waals surface area contributed by atoms with Crippen LogP contribution >= 0.6 is 15.9 Å². The summed E-state index contributed by atoms with van der Waals surface area (Å²) in [6.07, 6.45) is 1.41. The summed E-state index contributed by atoms with van der Waals surface area (Å²) in [6.45, 7) is -0.780. The molecular weight excluding hydrogens is 278 g/mol. The fourth-order valence-corrected chi connectivity index (χ4v) is 1.14. The van der Waals surface area contributed by atoms with E-state index >= 15 is 0 Å². The van der Waals surface area contributed by atoms with Crippen molar-refractivity contribution < 1.29 is 9.72 Å². The van der Waals surface area contributed by atoms with E-state index in [-0.39, 0.29) is 0 Å². The van der Waals surface area contributed by atoms with E-state index in [0.29, 0.717) is 0 Å². The van der Waals surface area contributed by atoms with Crippen LogP contribution in [0.4, 0.5) is 0 Å². The highest BCUT2D eigenvalue weighted by Crippen LogP contribution is 2.08. The third kappa shape index (κ3) is 4.65. The second kappa shape index (κ2) is 5.96. The average Bonchev–Trinajstić information content (AvgIpc) is 2.20. The Kier molecular flexibility index (Phi) is 4.59. The number of benzene rings is 1.